The van der Waals surface area contributed by atoms with Crippen LogP contribution in [0, 0.1) is 46.3 Å². The quantitative estimate of drug-likeness (QED) is 0.190. The van der Waals surface area contributed by atoms with Crippen LogP contribution < -0.4 is 0 Å². The molecule has 3 fully saturated rings. The number of fused-ring (bicyclic) bond motifs is 5. The molecule has 0 aromatic carbocycles. The van der Waals surface area contributed by atoms with E-state index in [9.17, 15) is 5.11 Å². The summed E-state index contributed by atoms with van der Waals surface area (Å²) in [6, 6.07) is 0. The van der Waals surface area contributed by atoms with Crippen LogP contribution in [0.15, 0.2) is 11.6 Å². The van der Waals surface area contributed by atoms with Crippen LogP contribution in [0.3, 0.4) is 0 Å². The van der Waals surface area contributed by atoms with Gasteiger partial charge in [0, 0.05) is 12.7 Å². The van der Waals surface area contributed by atoms with Crippen LogP contribution in [0.25, 0.3) is 0 Å². The number of aliphatic hydroxyl groups is 1. The number of allylic oxidation sites excluding steroid dienone is 1. The molecule has 0 aliphatic heterocycles. The maximum Gasteiger partial charge on any atom is 0.192 e. The van der Waals surface area contributed by atoms with Gasteiger partial charge in [0.2, 0.25) is 0 Å². The molecule has 0 amide bonds. The van der Waals surface area contributed by atoms with Crippen LogP contribution in [-0.4, -0.2) is 40.6 Å². The van der Waals surface area contributed by atoms with Gasteiger partial charge >= 0.3 is 0 Å². The average molecular weight is 647 g/mol. The number of hydrogen-bond donors (Lipinski definition) is 1. The van der Waals surface area contributed by atoms with Gasteiger partial charge in [-0.05, 0) is 134 Å². The van der Waals surface area contributed by atoms with Crippen molar-refractivity contribution in [1.82, 2.24) is 0 Å². The second-order valence-electron chi connectivity index (χ2n) is 20.0. The molecule has 0 bridgehead atoms. The van der Waals surface area contributed by atoms with Gasteiger partial charge in [0.05, 0.1) is 6.10 Å². The predicted molar refractivity (Wildman–Crippen MR) is 194 cm³/mol. The summed E-state index contributed by atoms with van der Waals surface area (Å²) in [5, 5.41) is 12.2. The highest BCUT2D eigenvalue weighted by molar-refractivity contribution is 6.74. The number of aliphatic hydroxyl groups excluding tert-OH is 1. The Morgan fingerprint density at radius 3 is 2.16 bits per heavy atom. The zero-order chi connectivity index (χ0) is 33.1. The second kappa shape index (κ2) is 12.8. The van der Waals surface area contributed by atoms with Crippen molar-refractivity contribution in [2.24, 2.45) is 46.3 Å². The monoisotopic (exact) mass is 647 g/mol. The van der Waals surface area contributed by atoms with Crippen LogP contribution in [0.4, 0.5) is 0 Å². The predicted octanol–water partition coefficient (Wildman–Crippen LogP) is 11.4. The van der Waals surface area contributed by atoms with Crippen LogP contribution in [0.1, 0.15) is 133 Å². The third-order valence-electron chi connectivity index (χ3n) is 14.9. The Kier molecular flexibility index (Phi) is 10.7. The summed E-state index contributed by atoms with van der Waals surface area (Å²) in [6.45, 7) is 34.6. The minimum Gasteiger partial charge on any atom is -0.417 e. The van der Waals surface area contributed by atoms with E-state index in [2.05, 4.69) is 102 Å². The van der Waals surface area contributed by atoms with Crippen molar-refractivity contribution < 1.29 is 14.0 Å². The first kappa shape index (κ1) is 36.9. The molecule has 0 aromatic heterocycles. The highest BCUT2D eigenvalue weighted by atomic mass is 28.4. The van der Waals surface area contributed by atoms with Gasteiger partial charge in [0.1, 0.15) is 0 Å². The van der Waals surface area contributed by atoms with Crippen molar-refractivity contribution in [3.05, 3.63) is 11.6 Å². The van der Waals surface area contributed by atoms with E-state index in [1.54, 1.807) is 5.57 Å². The highest BCUT2D eigenvalue weighted by Crippen LogP contribution is 2.67. The fourth-order valence-electron chi connectivity index (χ4n) is 10.0. The molecule has 44 heavy (non-hydrogen) atoms. The summed E-state index contributed by atoms with van der Waals surface area (Å²) in [7, 11) is -3.44. The normalized spacial score (nSPS) is 37.9. The van der Waals surface area contributed by atoms with Crippen molar-refractivity contribution in [3.8, 4) is 0 Å². The molecule has 5 heteroatoms. The Labute approximate surface area is 276 Å². The summed E-state index contributed by atoms with van der Waals surface area (Å²) < 4.78 is 13.5. The van der Waals surface area contributed by atoms with Gasteiger partial charge in [-0.1, -0.05) is 93.7 Å². The Morgan fingerprint density at radius 2 is 1.55 bits per heavy atom. The van der Waals surface area contributed by atoms with Crippen LogP contribution in [-0.2, 0) is 8.85 Å². The van der Waals surface area contributed by atoms with E-state index in [-0.39, 0.29) is 21.6 Å². The zero-order valence-corrected chi connectivity index (χ0v) is 33.7. The first-order valence-corrected chi connectivity index (χ1v) is 24.5. The highest BCUT2D eigenvalue weighted by Gasteiger charge is 2.61. The van der Waals surface area contributed by atoms with Crippen molar-refractivity contribution in [3.63, 3.8) is 0 Å². The average Bonchev–Trinajstić information content (AvgIpc) is 3.16. The molecule has 0 unspecified atom stereocenters. The standard InChI is InChI=1S/C39H74O3Si2/c1-27(26-41-43(11,12)36(3,4)5)16-15-17-28(2)35-34(40)25-33-31-19-18-29-24-30(42-44(13,14)37(6,7)8)20-22-38(29,9)32(31)21-23-39(33,35)10/h18,27-28,30-35,40H,15-17,19-26H2,1-14H3/t27-,28-,30+,31-,32+,33+,34-,35+,38+,39+/m1/s1. The van der Waals surface area contributed by atoms with Crippen LogP contribution in [0.2, 0.25) is 36.3 Å². The van der Waals surface area contributed by atoms with E-state index in [1.807, 2.05) is 0 Å². The molecule has 1 N–H and O–H groups in total. The fraction of sp³-hybridized carbons (Fsp3) is 0.949. The van der Waals surface area contributed by atoms with E-state index < -0.39 is 16.6 Å². The van der Waals surface area contributed by atoms with Crippen molar-refractivity contribution in [2.45, 2.75) is 182 Å². The zero-order valence-electron chi connectivity index (χ0n) is 31.7. The SMILES string of the molecule is C[C@H](CCC[C@@H](C)[C@H]1[C@H](O)C[C@H]2[C@@H]3CC=C4C[C@@H](O[Si](C)(C)C(C)(C)C)CC[C@]4(C)[C@H]3CC[C@]12C)CO[Si](C)(C)C(C)(C)C. The minimum atomic E-state index is -1.76. The molecule has 4 rings (SSSR count). The molecule has 256 valence electrons. The molecule has 0 aromatic rings. The molecule has 0 radical (unpaired) electrons. The van der Waals surface area contributed by atoms with Crippen LogP contribution in [0.5, 0.6) is 0 Å². The lowest BCUT2D eigenvalue weighted by molar-refractivity contribution is -0.0613. The lowest BCUT2D eigenvalue weighted by Crippen LogP contribution is -2.52. The topological polar surface area (TPSA) is 38.7 Å². The van der Waals surface area contributed by atoms with Gasteiger partial charge in [0.25, 0.3) is 0 Å². The summed E-state index contributed by atoms with van der Waals surface area (Å²) in [5.74, 6) is 3.81. The Bertz CT molecular complexity index is 1020. The molecule has 10 atom stereocenters. The van der Waals surface area contributed by atoms with Gasteiger partial charge in [-0.25, -0.2) is 0 Å². The van der Waals surface area contributed by atoms with Crippen LogP contribution >= 0.6 is 0 Å². The Balaban J connectivity index is 1.37. The summed E-state index contributed by atoms with van der Waals surface area (Å²) in [6.07, 6.45) is 15.2. The molecule has 0 heterocycles. The molecule has 3 nitrogen and oxygen atoms in total. The van der Waals surface area contributed by atoms with Gasteiger partial charge in [0.15, 0.2) is 16.6 Å². The summed E-state index contributed by atoms with van der Waals surface area (Å²) in [5.41, 5.74) is 2.32. The lowest BCUT2D eigenvalue weighted by atomic mass is 9.47. The van der Waals surface area contributed by atoms with E-state index >= 15 is 0 Å². The lowest BCUT2D eigenvalue weighted by Gasteiger charge is -2.58. The molecular weight excluding hydrogens is 573 g/mol. The molecule has 0 saturated heterocycles. The fourth-order valence-corrected chi connectivity index (χ4v) is 12.5. The summed E-state index contributed by atoms with van der Waals surface area (Å²) >= 11 is 0. The molecular formula is C39H74O3Si2. The Hall–Kier alpha value is 0.0538. The minimum absolute atomic E-state index is 0.134. The maximum absolute atomic E-state index is 11.7. The third kappa shape index (κ3) is 7.08. The van der Waals surface area contributed by atoms with Gasteiger partial charge in [-0.15, -0.1) is 0 Å². The first-order valence-electron chi connectivity index (χ1n) is 18.7. The molecule has 4 aliphatic rings. The third-order valence-corrected chi connectivity index (χ3v) is 24.0. The summed E-state index contributed by atoms with van der Waals surface area (Å²) in [4.78, 5) is 0. The van der Waals surface area contributed by atoms with Crippen molar-refractivity contribution >= 4 is 16.6 Å². The Morgan fingerprint density at radius 1 is 0.909 bits per heavy atom. The molecule has 4 aliphatic carbocycles. The second-order valence-corrected chi connectivity index (χ2v) is 29.5. The van der Waals surface area contributed by atoms with Crippen molar-refractivity contribution in [2.75, 3.05) is 6.61 Å². The number of rotatable bonds is 10. The van der Waals surface area contributed by atoms with Crippen molar-refractivity contribution in [1.29, 1.82) is 0 Å². The largest absolute Gasteiger partial charge is 0.417 e. The molecule has 0 spiro atoms. The molecule has 3 saturated carbocycles. The van der Waals surface area contributed by atoms with Gasteiger partial charge in [-0.2, -0.15) is 0 Å². The van der Waals surface area contributed by atoms with E-state index in [1.165, 1.54) is 51.4 Å². The van der Waals surface area contributed by atoms with E-state index in [0.717, 1.165) is 31.3 Å². The first-order chi connectivity index (χ1) is 20.0. The van der Waals surface area contributed by atoms with Gasteiger partial charge in [-0.3, -0.25) is 0 Å². The van der Waals surface area contributed by atoms with E-state index in [0.29, 0.717) is 35.2 Å². The van der Waals surface area contributed by atoms with E-state index in [4.69, 9.17) is 8.85 Å². The number of hydrogen-bond acceptors (Lipinski definition) is 3. The maximum atomic E-state index is 11.7. The van der Waals surface area contributed by atoms with Gasteiger partial charge < -0.3 is 14.0 Å². The smallest absolute Gasteiger partial charge is 0.192 e.